The van der Waals surface area contributed by atoms with Gasteiger partial charge in [-0.25, -0.2) is 0 Å². The molecule has 146 valence electrons. The topological polar surface area (TPSA) is 63.4 Å². The van der Waals surface area contributed by atoms with Gasteiger partial charge in [-0.15, -0.1) is 0 Å². The van der Waals surface area contributed by atoms with Crippen molar-refractivity contribution in [3.8, 4) is 11.5 Å². The summed E-state index contributed by atoms with van der Waals surface area (Å²) in [7, 11) is 3.28. The number of benzene rings is 2. The van der Waals surface area contributed by atoms with E-state index in [0.29, 0.717) is 12.2 Å². The van der Waals surface area contributed by atoms with E-state index >= 15 is 0 Å². The van der Waals surface area contributed by atoms with Gasteiger partial charge < -0.3 is 19.8 Å². The number of methoxy groups -OCH3 is 2. The number of carbonyl (C=O) groups is 1. The van der Waals surface area contributed by atoms with Gasteiger partial charge in [-0.05, 0) is 60.6 Å². The number of hydrogen-bond acceptors (Lipinski definition) is 3. The van der Waals surface area contributed by atoms with Gasteiger partial charge in [0.25, 0.3) is 0 Å². The van der Waals surface area contributed by atoms with Crippen LogP contribution in [0.5, 0.6) is 11.5 Å². The van der Waals surface area contributed by atoms with E-state index in [9.17, 15) is 4.79 Å². The molecule has 0 fully saturated rings. The van der Waals surface area contributed by atoms with Crippen LogP contribution in [0, 0.1) is 0 Å². The lowest BCUT2D eigenvalue weighted by atomic mass is 10.1. The minimum atomic E-state index is 0.0513. The molecular formula is C23H26N2O3. The van der Waals surface area contributed by atoms with Crippen molar-refractivity contribution in [3.63, 3.8) is 0 Å². The number of rotatable bonds is 7. The number of aryl methyl sites for hydroxylation is 2. The molecule has 1 aromatic heterocycles. The minimum Gasteiger partial charge on any atom is -0.493 e. The summed E-state index contributed by atoms with van der Waals surface area (Å²) in [5.41, 5.74) is 4.78. The maximum absolute atomic E-state index is 12.5. The van der Waals surface area contributed by atoms with Crippen molar-refractivity contribution < 1.29 is 14.3 Å². The highest BCUT2D eigenvalue weighted by Gasteiger charge is 2.26. The fraction of sp³-hybridized carbons (Fsp3) is 0.348. The predicted molar refractivity (Wildman–Crippen MR) is 110 cm³/mol. The van der Waals surface area contributed by atoms with Crippen LogP contribution >= 0.6 is 0 Å². The maximum Gasteiger partial charge on any atom is 0.220 e. The van der Waals surface area contributed by atoms with Crippen molar-refractivity contribution in [1.29, 1.82) is 0 Å². The number of H-pyrrole nitrogens is 1. The summed E-state index contributed by atoms with van der Waals surface area (Å²) < 4.78 is 10.8. The molecule has 0 saturated carbocycles. The lowest BCUT2D eigenvalue weighted by Gasteiger charge is -2.16. The third kappa shape index (κ3) is 3.57. The van der Waals surface area contributed by atoms with E-state index in [0.717, 1.165) is 42.5 Å². The molecule has 3 aromatic rings. The van der Waals surface area contributed by atoms with E-state index in [1.807, 2.05) is 24.3 Å². The third-order valence-electron chi connectivity index (χ3n) is 5.58. The standard InChI is InChI=1S/C23H26N2O3/c1-27-21-12-15-10-11-20(18(15)13-22(21)28-2)25-23(26)9-5-6-16-14-24-19-8-4-3-7-17(16)19/h3-4,7-8,12-14,20,24H,5-6,9-11H2,1-2H3,(H,25,26). The summed E-state index contributed by atoms with van der Waals surface area (Å²) in [6.07, 6.45) is 6.16. The first-order chi connectivity index (χ1) is 13.7. The summed E-state index contributed by atoms with van der Waals surface area (Å²) in [4.78, 5) is 15.8. The zero-order valence-corrected chi connectivity index (χ0v) is 16.4. The molecule has 1 atom stereocenters. The van der Waals surface area contributed by atoms with Crippen molar-refractivity contribution in [1.82, 2.24) is 10.3 Å². The lowest BCUT2D eigenvalue weighted by Crippen LogP contribution is -2.26. The van der Waals surface area contributed by atoms with Crippen LogP contribution in [-0.2, 0) is 17.6 Å². The average molecular weight is 378 g/mol. The van der Waals surface area contributed by atoms with Crippen LogP contribution in [0.3, 0.4) is 0 Å². The molecule has 1 aliphatic carbocycles. The monoisotopic (exact) mass is 378 g/mol. The number of aromatic amines is 1. The van der Waals surface area contributed by atoms with Gasteiger partial charge in [-0.1, -0.05) is 18.2 Å². The Kier molecular flexibility index (Phi) is 5.24. The van der Waals surface area contributed by atoms with E-state index < -0.39 is 0 Å². The van der Waals surface area contributed by atoms with Crippen LogP contribution in [-0.4, -0.2) is 25.1 Å². The summed E-state index contributed by atoms with van der Waals surface area (Å²) in [5.74, 6) is 1.56. The highest BCUT2D eigenvalue weighted by molar-refractivity contribution is 5.83. The first-order valence-electron chi connectivity index (χ1n) is 9.78. The summed E-state index contributed by atoms with van der Waals surface area (Å²) in [5, 5.41) is 4.44. The normalized spacial score (nSPS) is 15.4. The van der Waals surface area contributed by atoms with Gasteiger partial charge in [-0.2, -0.15) is 0 Å². The van der Waals surface area contributed by atoms with Gasteiger partial charge in [0.2, 0.25) is 5.91 Å². The van der Waals surface area contributed by atoms with Crippen LogP contribution in [0.2, 0.25) is 0 Å². The molecule has 0 aliphatic heterocycles. The largest absolute Gasteiger partial charge is 0.493 e. The zero-order valence-electron chi connectivity index (χ0n) is 16.4. The van der Waals surface area contributed by atoms with Crippen LogP contribution < -0.4 is 14.8 Å². The highest BCUT2D eigenvalue weighted by atomic mass is 16.5. The SMILES string of the molecule is COc1cc2c(cc1OC)C(NC(=O)CCCc1c[nH]c3ccccc13)CC2. The van der Waals surface area contributed by atoms with Gasteiger partial charge in [-0.3, -0.25) is 4.79 Å². The van der Waals surface area contributed by atoms with E-state index in [1.165, 1.54) is 16.5 Å². The Hall–Kier alpha value is -2.95. The molecule has 2 aromatic carbocycles. The fourth-order valence-electron chi connectivity index (χ4n) is 4.13. The predicted octanol–water partition coefficient (Wildman–Crippen LogP) is 4.31. The molecule has 0 spiro atoms. The molecule has 4 rings (SSSR count). The Balaban J connectivity index is 1.35. The second-order valence-electron chi connectivity index (χ2n) is 7.28. The van der Waals surface area contributed by atoms with Crippen LogP contribution in [0.1, 0.15) is 42.0 Å². The number of nitrogens with one attached hydrogen (secondary N) is 2. The molecule has 0 saturated heterocycles. The highest BCUT2D eigenvalue weighted by Crippen LogP contribution is 2.39. The quantitative estimate of drug-likeness (QED) is 0.644. The number of amides is 1. The Labute approximate surface area is 165 Å². The Bertz CT molecular complexity index is 993. The zero-order chi connectivity index (χ0) is 19.5. The fourth-order valence-corrected chi connectivity index (χ4v) is 4.13. The Morgan fingerprint density at radius 1 is 1.18 bits per heavy atom. The first kappa shape index (κ1) is 18.4. The van der Waals surface area contributed by atoms with Gasteiger partial charge in [0.15, 0.2) is 11.5 Å². The summed E-state index contributed by atoms with van der Waals surface area (Å²) in [6.45, 7) is 0. The van der Waals surface area contributed by atoms with Gasteiger partial charge in [0.1, 0.15) is 0 Å². The van der Waals surface area contributed by atoms with Crippen LogP contribution in [0.15, 0.2) is 42.6 Å². The van der Waals surface area contributed by atoms with Crippen molar-refractivity contribution >= 4 is 16.8 Å². The van der Waals surface area contributed by atoms with E-state index in [2.05, 4.69) is 28.6 Å². The van der Waals surface area contributed by atoms with E-state index in [1.54, 1.807) is 14.2 Å². The molecule has 1 unspecified atom stereocenters. The molecule has 1 amide bonds. The molecular weight excluding hydrogens is 352 g/mol. The first-order valence-corrected chi connectivity index (χ1v) is 9.78. The maximum atomic E-state index is 12.5. The molecule has 1 heterocycles. The van der Waals surface area contributed by atoms with Crippen molar-refractivity contribution in [2.75, 3.05) is 14.2 Å². The molecule has 2 N–H and O–H groups in total. The Morgan fingerprint density at radius 3 is 2.79 bits per heavy atom. The number of fused-ring (bicyclic) bond motifs is 2. The van der Waals surface area contributed by atoms with E-state index in [-0.39, 0.29) is 11.9 Å². The van der Waals surface area contributed by atoms with E-state index in [4.69, 9.17) is 9.47 Å². The van der Waals surface area contributed by atoms with Gasteiger partial charge in [0, 0.05) is 23.5 Å². The summed E-state index contributed by atoms with van der Waals surface area (Å²) >= 11 is 0. The number of ether oxygens (including phenoxy) is 2. The second-order valence-corrected chi connectivity index (χ2v) is 7.28. The second kappa shape index (κ2) is 7.97. The number of carbonyl (C=O) groups excluding carboxylic acids is 1. The molecule has 0 bridgehead atoms. The molecule has 28 heavy (non-hydrogen) atoms. The number of aromatic nitrogens is 1. The lowest BCUT2D eigenvalue weighted by molar-refractivity contribution is -0.121. The minimum absolute atomic E-state index is 0.0513. The summed E-state index contributed by atoms with van der Waals surface area (Å²) in [6, 6.07) is 12.4. The van der Waals surface area contributed by atoms with Gasteiger partial charge >= 0.3 is 0 Å². The molecule has 5 heteroatoms. The van der Waals surface area contributed by atoms with Crippen molar-refractivity contribution in [3.05, 3.63) is 59.3 Å². The molecule has 5 nitrogen and oxygen atoms in total. The van der Waals surface area contributed by atoms with Crippen LogP contribution in [0.4, 0.5) is 0 Å². The molecule has 0 radical (unpaired) electrons. The van der Waals surface area contributed by atoms with Gasteiger partial charge in [0.05, 0.1) is 20.3 Å². The average Bonchev–Trinajstić information content (AvgIpc) is 3.31. The number of para-hydroxylation sites is 1. The Morgan fingerprint density at radius 2 is 1.96 bits per heavy atom. The van der Waals surface area contributed by atoms with Crippen LogP contribution in [0.25, 0.3) is 10.9 Å². The third-order valence-corrected chi connectivity index (χ3v) is 5.58. The number of hydrogen-bond donors (Lipinski definition) is 2. The smallest absolute Gasteiger partial charge is 0.220 e. The van der Waals surface area contributed by atoms with Crippen molar-refractivity contribution in [2.24, 2.45) is 0 Å². The molecule has 1 aliphatic rings. The van der Waals surface area contributed by atoms with Crippen molar-refractivity contribution in [2.45, 2.75) is 38.1 Å².